The molecular formula is C21H32N4O3. The van der Waals surface area contributed by atoms with E-state index >= 15 is 0 Å². The van der Waals surface area contributed by atoms with E-state index in [1.807, 2.05) is 30.6 Å². The van der Waals surface area contributed by atoms with Crippen molar-refractivity contribution in [2.24, 2.45) is 5.92 Å². The number of nitrogens with one attached hydrogen (secondary N) is 1. The normalized spacial score (nSPS) is 21.2. The van der Waals surface area contributed by atoms with Gasteiger partial charge in [-0.1, -0.05) is 20.8 Å². The SMILES string of the molecule is CCC(=O)N1CCC[C@H](c2cc(=O)[nH]c(C3CCN(C(=O)C(C)C)CC3)n2)C1. The predicted octanol–water partition coefficient (Wildman–Crippen LogP) is 2.25. The van der Waals surface area contributed by atoms with Gasteiger partial charge in [0.05, 0.1) is 5.69 Å². The minimum Gasteiger partial charge on any atom is -0.342 e. The number of nitrogens with zero attached hydrogens (tertiary/aromatic N) is 3. The van der Waals surface area contributed by atoms with Gasteiger partial charge in [-0.15, -0.1) is 0 Å². The topological polar surface area (TPSA) is 86.4 Å². The summed E-state index contributed by atoms with van der Waals surface area (Å²) in [5.41, 5.74) is 0.674. The Morgan fingerprint density at radius 2 is 1.86 bits per heavy atom. The Bertz CT molecular complexity index is 765. The summed E-state index contributed by atoms with van der Waals surface area (Å²) in [6.07, 6.45) is 4.03. The van der Waals surface area contributed by atoms with Gasteiger partial charge in [-0.3, -0.25) is 14.4 Å². The average Bonchev–Trinajstić information content (AvgIpc) is 2.72. The minimum atomic E-state index is -0.125. The van der Waals surface area contributed by atoms with Crippen LogP contribution < -0.4 is 5.56 Å². The van der Waals surface area contributed by atoms with Crippen LogP contribution in [0.25, 0.3) is 0 Å². The van der Waals surface area contributed by atoms with E-state index in [4.69, 9.17) is 4.98 Å². The van der Waals surface area contributed by atoms with Crippen LogP contribution >= 0.6 is 0 Å². The summed E-state index contributed by atoms with van der Waals surface area (Å²) in [6, 6.07) is 1.59. The third kappa shape index (κ3) is 4.62. The van der Waals surface area contributed by atoms with Gasteiger partial charge in [0.15, 0.2) is 0 Å². The molecule has 2 saturated heterocycles. The molecule has 0 aliphatic carbocycles. The number of hydrogen-bond acceptors (Lipinski definition) is 4. The fraction of sp³-hybridized carbons (Fsp3) is 0.714. The lowest BCUT2D eigenvalue weighted by molar-refractivity contribution is -0.135. The minimum absolute atomic E-state index is 0.0119. The van der Waals surface area contributed by atoms with Gasteiger partial charge in [0, 0.05) is 56.4 Å². The molecule has 1 N–H and O–H groups in total. The highest BCUT2D eigenvalue weighted by molar-refractivity contribution is 5.78. The van der Waals surface area contributed by atoms with Crippen LogP contribution in [-0.2, 0) is 9.59 Å². The number of rotatable bonds is 4. The molecule has 28 heavy (non-hydrogen) atoms. The van der Waals surface area contributed by atoms with Gasteiger partial charge in [-0.05, 0) is 25.7 Å². The van der Waals surface area contributed by atoms with E-state index in [9.17, 15) is 14.4 Å². The van der Waals surface area contributed by atoms with Crippen molar-refractivity contribution in [2.45, 2.75) is 64.7 Å². The van der Waals surface area contributed by atoms with Gasteiger partial charge in [-0.25, -0.2) is 4.98 Å². The first-order valence-corrected chi connectivity index (χ1v) is 10.6. The quantitative estimate of drug-likeness (QED) is 0.857. The van der Waals surface area contributed by atoms with Gasteiger partial charge in [0.1, 0.15) is 5.82 Å². The molecule has 154 valence electrons. The van der Waals surface area contributed by atoms with Crippen LogP contribution in [0.4, 0.5) is 0 Å². The lowest BCUT2D eigenvalue weighted by Crippen LogP contribution is -2.41. The lowest BCUT2D eigenvalue weighted by Gasteiger charge is -2.34. The Morgan fingerprint density at radius 1 is 1.14 bits per heavy atom. The average molecular weight is 389 g/mol. The largest absolute Gasteiger partial charge is 0.342 e. The summed E-state index contributed by atoms with van der Waals surface area (Å²) in [5.74, 6) is 1.39. The highest BCUT2D eigenvalue weighted by Crippen LogP contribution is 2.29. The predicted molar refractivity (Wildman–Crippen MR) is 107 cm³/mol. The van der Waals surface area contributed by atoms with Crippen LogP contribution in [0.3, 0.4) is 0 Å². The second-order valence-electron chi connectivity index (χ2n) is 8.34. The number of H-pyrrole nitrogens is 1. The van der Waals surface area contributed by atoms with Crippen molar-refractivity contribution in [3.05, 3.63) is 27.9 Å². The molecule has 2 amide bonds. The van der Waals surface area contributed by atoms with E-state index in [1.54, 1.807) is 6.07 Å². The molecule has 7 heteroatoms. The van der Waals surface area contributed by atoms with Crippen LogP contribution in [0.1, 0.15) is 76.2 Å². The molecule has 3 heterocycles. The first kappa shape index (κ1) is 20.6. The summed E-state index contributed by atoms with van der Waals surface area (Å²) < 4.78 is 0. The fourth-order valence-electron chi connectivity index (χ4n) is 4.31. The molecule has 0 bridgehead atoms. The standard InChI is InChI=1S/C21H32N4O3/c1-4-19(27)25-9-5-6-16(13-25)17-12-18(26)23-20(22-17)15-7-10-24(11-8-15)21(28)14(2)3/h12,14-16H,4-11,13H2,1-3H3,(H,22,23,26)/t16-/m0/s1. The Hall–Kier alpha value is -2.18. The molecular weight excluding hydrogens is 356 g/mol. The molecule has 1 atom stereocenters. The second kappa shape index (κ2) is 8.88. The Morgan fingerprint density at radius 3 is 2.50 bits per heavy atom. The zero-order chi connectivity index (χ0) is 20.3. The Kier molecular flexibility index (Phi) is 6.52. The smallest absolute Gasteiger partial charge is 0.251 e. The van der Waals surface area contributed by atoms with Crippen molar-refractivity contribution in [3.63, 3.8) is 0 Å². The van der Waals surface area contributed by atoms with Crippen LogP contribution in [0, 0.1) is 5.92 Å². The van der Waals surface area contributed by atoms with Crippen molar-refractivity contribution < 1.29 is 9.59 Å². The molecule has 2 aliphatic rings. The lowest BCUT2D eigenvalue weighted by atomic mass is 9.92. The summed E-state index contributed by atoms with van der Waals surface area (Å²) in [4.78, 5) is 48.1. The molecule has 0 saturated carbocycles. The van der Waals surface area contributed by atoms with Crippen LogP contribution in [0.2, 0.25) is 0 Å². The van der Waals surface area contributed by atoms with E-state index in [0.717, 1.165) is 43.7 Å². The van der Waals surface area contributed by atoms with Crippen molar-refractivity contribution in [3.8, 4) is 0 Å². The Labute approximate surface area is 166 Å². The first-order chi connectivity index (χ1) is 13.4. The number of aromatic nitrogens is 2. The molecule has 2 fully saturated rings. The maximum atomic E-state index is 12.3. The van der Waals surface area contributed by atoms with E-state index in [2.05, 4.69) is 4.98 Å². The van der Waals surface area contributed by atoms with Gasteiger partial charge < -0.3 is 14.8 Å². The summed E-state index contributed by atoms with van der Waals surface area (Å²) >= 11 is 0. The van der Waals surface area contributed by atoms with Gasteiger partial charge in [0.25, 0.3) is 5.56 Å². The molecule has 0 unspecified atom stereocenters. The third-order valence-electron chi connectivity index (χ3n) is 5.96. The number of aromatic amines is 1. The van der Waals surface area contributed by atoms with Crippen molar-refractivity contribution in [1.29, 1.82) is 0 Å². The molecule has 3 rings (SSSR count). The van der Waals surface area contributed by atoms with E-state index in [0.29, 0.717) is 26.1 Å². The summed E-state index contributed by atoms with van der Waals surface area (Å²) in [6.45, 7) is 8.58. The zero-order valence-corrected chi connectivity index (χ0v) is 17.2. The maximum Gasteiger partial charge on any atom is 0.251 e. The molecule has 0 radical (unpaired) electrons. The van der Waals surface area contributed by atoms with Crippen molar-refractivity contribution >= 4 is 11.8 Å². The summed E-state index contributed by atoms with van der Waals surface area (Å²) in [5, 5.41) is 0. The molecule has 1 aromatic heterocycles. The number of piperidine rings is 2. The van der Waals surface area contributed by atoms with Gasteiger partial charge >= 0.3 is 0 Å². The third-order valence-corrected chi connectivity index (χ3v) is 5.96. The highest BCUT2D eigenvalue weighted by Gasteiger charge is 2.29. The Balaban J connectivity index is 1.71. The number of hydrogen-bond donors (Lipinski definition) is 1. The molecule has 0 spiro atoms. The molecule has 2 aliphatic heterocycles. The zero-order valence-electron chi connectivity index (χ0n) is 17.2. The number of carbonyl (C=O) groups is 2. The van der Waals surface area contributed by atoms with Crippen molar-refractivity contribution in [2.75, 3.05) is 26.2 Å². The van der Waals surface area contributed by atoms with Crippen LogP contribution in [-0.4, -0.2) is 57.8 Å². The number of carbonyl (C=O) groups excluding carboxylic acids is 2. The van der Waals surface area contributed by atoms with E-state index in [1.165, 1.54) is 0 Å². The first-order valence-electron chi connectivity index (χ1n) is 10.6. The number of amides is 2. The molecule has 1 aromatic rings. The molecule has 7 nitrogen and oxygen atoms in total. The van der Waals surface area contributed by atoms with Crippen molar-refractivity contribution in [1.82, 2.24) is 19.8 Å². The maximum absolute atomic E-state index is 12.3. The van der Waals surface area contributed by atoms with E-state index < -0.39 is 0 Å². The summed E-state index contributed by atoms with van der Waals surface area (Å²) in [7, 11) is 0. The highest BCUT2D eigenvalue weighted by atomic mass is 16.2. The fourth-order valence-corrected chi connectivity index (χ4v) is 4.31. The number of likely N-dealkylation sites (tertiary alicyclic amines) is 2. The molecule has 0 aromatic carbocycles. The van der Waals surface area contributed by atoms with Crippen LogP contribution in [0.5, 0.6) is 0 Å². The monoisotopic (exact) mass is 388 g/mol. The van der Waals surface area contributed by atoms with Gasteiger partial charge in [0.2, 0.25) is 11.8 Å². The van der Waals surface area contributed by atoms with E-state index in [-0.39, 0.29) is 35.1 Å². The second-order valence-corrected chi connectivity index (χ2v) is 8.34. The van der Waals surface area contributed by atoms with Gasteiger partial charge in [-0.2, -0.15) is 0 Å². The van der Waals surface area contributed by atoms with Crippen LogP contribution in [0.15, 0.2) is 10.9 Å².